The zero-order valence-corrected chi connectivity index (χ0v) is 14.7. The van der Waals surface area contributed by atoms with Gasteiger partial charge in [0, 0.05) is 22.2 Å². The predicted octanol–water partition coefficient (Wildman–Crippen LogP) is 4.14. The second-order valence-electron chi connectivity index (χ2n) is 8.61. The number of carbonyl (C=O) groups is 1. The molecule has 1 aromatic carbocycles. The van der Waals surface area contributed by atoms with E-state index < -0.39 is 0 Å². The van der Waals surface area contributed by atoms with E-state index in [0.29, 0.717) is 0 Å². The Balaban J connectivity index is 1.35. The summed E-state index contributed by atoms with van der Waals surface area (Å²) in [5.41, 5.74) is 5.99. The molecule has 0 radical (unpaired) electrons. The number of aromatic amines is 1. The van der Waals surface area contributed by atoms with Crippen LogP contribution in [0, 0.1) is 30.1 Å². The molecule has 4 saturated carbocycles. The van der Waals surface area contributed by atoms with Crippen molar-refractivity contribution in [2.75, 3.05) is 0 Å². The van der Waals surface area contributed by atoms with Crippen LogP contribution in [-0.2, 0) is 4.79 Å². The molecule has 1 amide bonds. The Bertz CT molecular complexity index is 828. The highest BCUT2D eigenvalue weighted by Gasteiger charge is 2.54. The first-order valence-corrected chi connectivity index (χ1v) is 9.54. The lowest BCUT2D eigenvalue weighted by Crippen LogP contribution is -2.52. The highest BCUT2D eigenvalue weighted by atomic mass is 16.2. The molecule has 25 heavy (non-hydrogen) atoms. The van der Waals surface area contributed by atoms with E-state index in [1.165, 1.54) is 19.3 Å². The fraction of sp³-hybridized carbons (Fsp3) is 0.524. The molecular formula is C21H25N3O. The van der Waals surface area contributed by atoms with Gasteiger partial charge in [-0.2, -0.15) is 5.10 Å². The molecule has 0 atom stereocenters. The smallest absolute Gasteiger partial charge is 0.246 e. The number of rotatable bonds is 3. The summed E-state index contributed by atoms with van der Waals surface area (Å²) in [5.74, 6) is 2.48. The molecule has 0 spiro atoms. The van der Waals surface area contributed by atoms with Gasteiger partial charge in [-0.15, -0.1) is 0 Å². The molecule has 4 heteroatoms. The van der Waals surface area contributed by atoms with Crippen LogP contribution in [0.3, 0.4) is 0 Å². The molecule has 4 aliphatic rings. The van der Waals surface area contributed by atoms with Crippen LogP contribution in [0.25, 0.3) is 10.9 Å². The van der Waals surface area contributed by atoms with Crippen LogP contribution in [0.15, 0.2) is 29.4 Å². The molecule has 4 bridgehead atoms. The van der Waals surface area contributed by atoms with Crippen LogP contribution in [0.4, 0.5) is 0 Å². The van der Waals surface area contributed by atoms with Crippen LogP contribution in [-0.4, -0.2) is 17.1 Å². The lowest BCUT2D eigenvalue weighted by molar-refractivity contribution is -0.146. The maximum Gasteiger partial charge on any atom is 0.246 e. The Morgan fingerprint density at radius 1 is 1.16 bits per heavy atom. The first-order valence-electron chi connectivity index (χ1n) is 9.54. The summed E-state index contributed by atoms with van der Waals surface area (Å²) < 4.78 is 0. The Morgan fingerprint density at radius 2 is 1.80 bits per heavy atom. The van der Waals surface area contributed by atoms with E-state index in [1.807, 2.05) is 19.1 Å². The normalized spacial score (nSPS) is 33.4. The fourth-order valence-electron chi connectivity index (χ4n) is 6.13. The number of fused-ring (bicyclic) bond motifs is 1. The van der Waals surface area contributed by atoms with Crippen molar-refractivity contribution in [3.8, 4) is 0 Å². The standard InChI is InChI=1S/C21H25N3O/c1-13-18(17-4-2-3-5-19(17)23-13)12-22-24-20(25)21-9-14-6-15(10-21)8-16(7-14)11-21/h2-5,12,14-16,23H,6-11H2,1H3,(H,24,25)/b22-12+. The molecule has 4 fully saturated rings. The third-order valence-electron chi connectivity index (χ3n) is 6.82. The molecule has 4 aliphatic carbocycles. The second kappa shape index (κ2) is 5.45. The Kier molecular flexibility index (Phi) is 3.31. The number of amides is 1. The maximum atomic E-state index is 12.9. The van der Waals surface area contributed by atoms with E-state index in [9.17, 15) is 4.79 Å². The Labute approximate surface area is 148 Å². The van der Waals surface area contributed by atoms with Gasteiger partial charge >= 0.3 is 0 Å². The van der Waals surface area contributed by atoms with Gasteiger partial charge in [0.05, 0.1) is 11.6 Å². The predicted molar refractivity (Wildman–Crippen MR) is 99.4 cm³/mol. The number of nitrogens with one attached hydrogen (secondary N) is 2. The molecule has 4 nitrogen and oxygen atoms in total. The van der Waals surface area contributed by atoms with Crippen molar-refractivity contribution < 1.29 is 4.79 Å². The van der Waals surface area contributed by atoms with Gasteiger partial charge in [-0.1, -0.05) is 18.2 Å². The van der Waals surface area contributed by atoms with E-state index in [2.05, 4.69) is 27.6 Å². The number of hydrazone groups is 1. The van der Waals surface area contributed by atoms with Gasteiger partial charge in [-0.3, -0.25) is 4.79 Å². The van der Waals surface area contributed by atoms with Crippen molar-refractivity contribution in [2.45, 2.75) is 45.4 Å². The topological polar surface area (TPSA) is 57.2 Å². The van der Waals surface area contributed by atoms with Crippen LogP contribution < -0.4 is 5.43 Å². The molecule has 0 unspecified atom stereocenters. The molecule has 2 N–H and O–H groups in total. The maximum absolute atomic E-state index is 12.9. The molecule has 6 rings (SSSR count). The summed E-state index contributed by atoms with van der Waals surface area (Å²) in [7, 11) is 0. The highest BCUT2D eigenvalue weighted by molar-refractivity contribution is 6.01. The zero-order valence-electron chi connectivity index (χ0n) is 14.7. The number of hydrogen-bond acceptors (Lipinski definition) is 2. The second-order valence-corrected chi connectivity index (χ2v) is 8.61. The SMILES string of the molecule is Cc1[nH]c2ccccc2c1/C=N/NC(=O)C12CC3CC(CC(C3)C1)C2. The fourth-order valence-corrected chi connectivity index (χ4v) is 6.13. The first-order chi connectivity index (χ1) is 12.1. The largest absolute Gasteiger partial charge is 0.358 e. The number of nitrogens with zero attached hydrogens (tertiary/aromatic N) is 1. The zero-order chi connectivity index (χ0) is 17.0. The van der Waals surface area contributed by atoms with E-state index in [0.717, 1.165) is 59.2 Å². The van der Waals surface area contributed by atoms with Crippen molar-refractivity contribution in [3.63, 3.8) is 0 Å². The molecular weight excluding hydrogens is 310 g/mol. The van der Waals surface area contributed by atoms with Gasteiger partial charge in [-0.25, -0.2) is 5.43 Å². The van der Waals surface area contributed by atoms with Crippen molar-refractivity contribution in [1.29, 1.82) is 0 Å². The summed E-state index contributed by atoms with van der Waals surface area (Å²) in [6, 6.07) is 8.20. The van der Waals surface area contributed by atoms with Crippen molar-refractivity contribution in [1.82, 2.24) is 10.4 Å². The first kappa shape index (κ1) is 15.2. The average molecular weight is 335 g/mol. The molecule has 130 valence electrons. The Hall–Kier alpha value is -2.10. The number of H-pyrrole nitrogens is 1. The summed E-state index contributed by atoms with van der Waals surface area (Å²) in [6.45, 7) is 2.04. The van der Waals surface area contributed by atoms with Gasteiger partial charge in [0.25, 0.3) is 0 Å². The molecule has 0 saturated heterocycles. The minimum atomic E-state index is -0.138. The number of hydrogen-bond donors (Lipinski definition) is 2. The third-order valence-corrected chi connectivity index (χ3v) is 6.82. The Morgan fingerprint density at radius 3 is 2.48 bits per heavy atom. The van der Waals surface area contributed by atoms with Crippen LogP contribution in [0.2, 0.25) is 0 Å². The minimum Gasteiger partial charge on any atom is -0.358 e. The summed E-state index contributed by atoms with van der Waals surface area (Å²) in [4.78, 5) is 16.3. The lowest BCUT2D eigenvalue weighted by Gasteiger charge is -2.55. The van der Waals surface area contributed by atoms with Crippen molar-refractivity contribution in [3.05, 3.63) is 35.5 Å². The number of benzene rings is 1. The summed E-state index contributed by atoms with van der Waals surface area (Å²) in [6.07, 6.45) is 9.08. The lowest BCUT2D eigenvalue weighted by atomic mass is 9.49. The van der Waals surface area contributed by atoms with E-state index >= 15 is 0 Å². The number of carbonyl (C=O) groups excluding carboxylic acids is 1. The van der Waals surface area contributed by atoms with E-state index in [-0.39, 0.29) is 11.3 Å². The van der Waals surface area contributed by atoms with Crippen LogP contribution in [0.1, 0.15) is 49.8 Å². The molecule has 0 aliphatic heterocycles. The van der Waals surface area contributed by atoms with Gasteiger partial charge in [-0.05, 0) is 69.3 Å². The quantitative estimate of drug-likeness (QED) is 0.643. The van der Waals surface area contributed by atoms with E-state index in [4.69, 9.17) is 0 Å². The van der Waals surface area contributed by atoms with Crippen molar-refractivity contribution >= 4 is 23.0 Å². The van der Waals surface area contributed by atoms with Crippen LogP contribution >= 0.6 is 0 Å². The number of aryl methyl sites for hydroxylation is 1. The summed E-state index contributed by atoms with van der Waals surface area (Å²) >= 11 is 0. The molecule has 1 heterocycles. The van der Waals surface area contributed by atoms with Gasteiger partial charge in [0.15, 0.2) is 0 Å². The minimum absolute atomic E-state index is 0.138. The van der Waals surface area contributed by atoms with Gasteiger partial charge in [0.1, 0.15) is 0 Å². The average Bonchev–Trinajstić information content (AvgIpc) is 2.89. The van der Waals surface area contributed by atoms with Crippen molar-refractivity contribution in [2.24, 2.45) is 28.3 Å². The monoisotopic (exact) mass is 335 g/mol. The molecule has 2 aromatic rings. The highest BCUT2D eigenvalue weighted by Crippen LogP contribution is 2.60. The molecule has 1 aromatic heterocycles. The van der Waals surface area contributed by atoms with Gasteiger partial charge in [0.2, 0.25) is 5.91 Å². The van der Waals surface area contributed by atoms with Gasteiger partial charge < -0.3 is 4.98 Å². The van der Waals surface area contributed by atoms with E-state index in [1.54, 1.807) is 6.21 Å². The third kappa shape index (κ3) is 2.42. The van der Waals surface area contributed by atoms with Crippen LogP contribution in [0.5, 0.6) is 0 Å². The number of para-hydroxylation sites is 1. The number of aromatic nitrogens is 1. The summed E-state index contributed by atoms with van der Waals surface area (Å²) in [5, 5.41) is 5.48.